The number of hydrogen-bond acceptors (Lipinski definition) is 5. The largest absolute Gasteiger partial charge is 0.318 e. The molecule has 3 aromatic rings. The highest BCUT2D eigenvalue weighted by molar-refractivity contribution is 7.16. The first-order valence-electron chi connectivity index (χ1n) is 8.07. The van der Waals surface area contributed by atoms with Crippen LogP contribution in [0.1, 0.15) is 30.3 Å². The fourth-order valence-electron chi connectivity index (χ4n) is 2.38. The highest BCUT2D eigenvalue weighted by atomic mass is 32.1. The van der Waals surface area contributed by atoms with Crippen LogP contribution in [0.15, 0.2) is 46.3 Å². The van der Waals surface area contributed by atoms with E-state index in [1.54, 1.807) is 0 Å². The molecule has 1 amide bonds. The molecule has 2 heterocycles. The molecule has 0 saturated carbocycles. The van der Waals surface area contributed by atoms with Gasteiger partial charge in [0.15, 0.2) is 5.69 Å². The number of aryl methyl sites for hydroxylation is 2. The molecular formula is C17H19N5O2S. The molecule has 3 rings (SSSR count). The minimum absolute atomic E-state index is 0.170. The second kappa shape index (κ2) is 7.43. The van der Waals surface area contributed by atoms with Gasteiger partial charge in [-0.2, -0.15) is 5.10 Å². The summed E-state index contributed by atoms with van der Waals surface area (Å²) in [5, 5.41) is 8.30. The van der Waals surface area contributed by atoms with Crippen molar-refractivity contribution < 1.29 is 4.79 Å². The molecule has 130 valence electrons. The Labute approximate surface area is 148 Å². The van der Waals surface area contributed by atoms with Crippen LogP contribution in [-0.2, 0) is 13.6 Å². The van der Waals surface area contributed by atoms with E-state index in [-0.39, 0.29) is 11.3 Å². The van der Waals surface area contributed by atoms with Gasteiger partial charge in [-0.1, -0.05) is 36.8 Å². The Morgan fingerprint density at radius 2 is 2.08 bits per heavy atom. The molecule has 0 unspecified atom stereocenters. The van der Waals surface area contributed by atoms with Crippen molar-refractivity contribution in [1.82, 2.24) is 19.8 Å². The fourth-order valence-corrected chi connectivity index (χ4v) is 3.36. The van der Waals surface area contributed by atoms with Crippen LogP contribution < -0.4 is 15.8 Å². The molecule has 1 N–H and O–H groups in total. The number of rotatable bonds is 5. The molecule has 0 fully saturated rings. The van der Waals surface area contributed by atoms with Crippen molar-refractivity contribution >= 4 is 27.5 Å². The zero-order valence-electron chi connectivity index (χ0n) is 14.1. The lowest BCUT2D eigenvalue weighted by Gasteiger charge is -2.05. The zero-order chi connectivity index (χ0) is 17.8. The smallest absolute Gasteiger partial charge is 0.291 e. The molecule has 2 aromatic heterocycles. The van der Waals surface area contributed by atoms with E-state index >= 15 is 0 Å². The van der Waals surface area contributed by atoms with E-state index in [0.29, 0.717) is 11.3 Å². The Balaban J connectivity index is 1.84. The summed E-state index contributed by atoms with van der Waals surface area (Å²) in [7, 11) is 1.90. The van der Waals surface area contributed by atoms with E-state index in [2.05, 4.69) is 15.6 Å². The second-order valence-electron chi connectivity index (χ2n) is 5.60. The molecule has 25 heavy (non-hydrogen) atoms. The fraction of sp³-hybridized carbons (Fsp3) is 0.294. The summed E-state index contributed by atoms with van der Waals surface area (Å²) in [5.41, 5.74) is 3.52. The quantitative estimate of drug-likeness (QED) is 0.708. The second-order valence-corrected chi connectivity index (χ2v) is 6.61. The van der Waals surface area contributed by atoms with Gasteiger partial charge in [0, 0.05) is 19.7 Å². The zero-order valence-corrected chi connectivity index (χ0v) is 14.9. The van der Waals surface area contributed by atoms with Gasteiger partial charge < -0.3 is 4.57 Å². The number of aromatic nitrogens is 3. The first kappa shape index (κ1) is 17.1. The van der Waals surface area contributed by atoms with Gasteiger partial charge in [-0.3, -0.25) is 9.59 Å². The third-order valence-corrected chi connectivity index (χ3v) is 4.90. The third-order valence-electron chi connectivity index (χ3n) is 3.79. The number of para-hydroxylation sites is 1. The third kappa shape index (κ3) is 3.69. The van der Waals surface area contributed by atoms with E-state index in [1.807, 2.05) is 42.8 Å². The van der Waals surface area contributed by atoms with Gasteiger partial charge in [0.1, 0.15) is 0 Å². The number of unbranched alkanes of at least 4 members (excludes halogenated alkanes) is 1. The summed E-state index contributed by atoms with van der Waals surface area (Å²) in [4.78, 5) is 24.7. The predicted octanol–water partition coefficient (Wildman–Crippen LogP) is 1.84. The van der Waals surface area contributed by atoms with Crippen molar-refractivity contribution in [3.05, 3.63) is 57.2 Å². The first-order chi connectivity index (χ1) is 12.1. The molecule has 0 aliphatic rings. The number of carbonyl (C=O) groups excluding carboxylic acids is 1. The van der Waals surface area contributed by atoms with E-state index in [4.69, 9.17) is 0 Å². The maximum Gasteiger partial charge on any atom is 0.291 e. The highest BCUT2D eigenvalue weighted by Crippen LogP contribution is 2.14. The molecule has 0 saturated heterocycles. The lowest BCUT2D eigenvalue weighted by Crippen LogP contribution is -2.29. The molecule has 0 bridgehead atoms. The molecule has 1 aromatic carbocycles. The molecule has 0 atom stereocenters. The molecule has 8 heteroatoms. The van der Waals surface area contributed by atoms with E-state index in [0.717, 1.165) is 23.1 Å². The molecule has 0 aliphatic carbocycles. The van der Waals surface area contributed by atoms with Gasteiger partial charge in [0.2, 0.25) is 4.80 Å². The maximum atomic E-state index is 12.3. The van der Waals surface area contributed by atoms with Crippen molar-refractivity contribution in [3.63, 3.8) is 0 Å². The van der Waals surface area contributed by atoms with Crippen molar-refractivity contribution in [2.24, 2.45) is 12.1 Å². The number of carbonyl (C=O) groups is 1. The SMILES string of the molecule is CCCCn1nc(C(=O)N/N=c2/sc3ccccc3n2C)ccc1=O. The number of benzene rings is 1. The number of nitrogens with zero attached hydrogens (tertiary/aromatic N) is 4. The monoisotopic (exact) mass is 357 g/mol. The van der Waals surface area contributed by atoms with Gasteiger partial charge in [-0.15, -0.1) is 5.10 Å². The Morgan fingerprint density at radius 3 is 2.84 bits per heavy atom. The average Bonchev–Trinajstić information content (AvgIpc) is 2.95. The predicted molar refractivity (Wildman–Crippen MR) is 97.2 cm³/mol. The Bertz CT molecular complexity index is 1030. The molecule has 0 spiro atoms. The van der Waals surface area contributed by atoms with Gasteiger partial charge >= 0.3 is 0 Å². The van der Waals surface area contributed by atoms with Gasteiger partial charge in [-0.05, 0) is 24.6 Å². The van der Waals surface area contributed by atoms with Gasteiger partial charge in [0.25, 0.3) is 11.5 Å². The van der Waals surface area contributed by atoms with Crippen LogP contribution in [0.2, 0.25) is 0 Å². The minimum Gasteiger partial charge on any atom is -0.318 e. The van der Waals surface area contributed by atoms with Crippen LogP contribution in [-0.4, -0.2) is 20.3 Å². The van der Waals surface area contributed by atoms with Crippen LogP contribution in [0.25, 0.3) is 10.2 Å². The topological polar surface area (TPSA) is 81.3 Å². The standard InChI is InChI=1S/C17H19N5O2S/c1-3-4-11-22-15(23)10-9-12(20-22)16(24)18-19-17-21(2)13-7-5-6-8-14(13)25-17/h5-10H,3-4,11H2,1-2H3,(H,18,24)/b19-17+. The number of fused-ring (bicyclic) bond motifs is 1. The van der Waals surface area contributed by atoms with E-state index in [9.17, 15) is 9.59 Å². The van der Waals surface area contributed by atoms with Crippen molar-refractivity contribution in [3.8, 4) is 0 Å². The van der Waals surface area contributed by atoms with Crippen LogP contribution in [0.4, 0.5) is 0 Å². The average molecular weight is 357 g/mol. The number of thiazole rings is 1. The van der Waals surface area contributed by atoms with Crippen molar-refractivity contribution in [1.29, 1.82) is 0 Å². The summed E-state index contributed by atoms with van der Waals surface area (Å²) in [6, 6.07) is 10.7. The summed E-state index contributed by atoms with van der Waals surface area (Å²) in [5.74, 6) is -0.442. The van der Waals surface area contributed by atoms with E-state index < -0.39 is 5.91 Å². The number of nitrogens with one attached hydrogen (secondary N) is 1. The van der Waals surface area contributed by atoms with Crippen LogP contribution in [0, 0.1) is 0 Å². The number of hydrogen-bond donors (Lipinski definition) is 1. The molecule has 0 aliphatic heterocycles. The Hall–Kier alpha value is -2.74. The Morgan fingerprint density at radius 1 is 1.28 bits per heavy atom. The Kier molecular flexibility index (Phi) is 5.08. The van der Waals surface area contributed by atoms with Crippen molar-refractivity contribution in [2.45, 2.75) is 26.3 Å². The van der Waals surface area contributed by atoms with Crippen LogP contribution >= 0.6 is 11.3 Å². The maximum absolute atomic E-state index is 12.3. The van der Waals surface area contributed by atoms with Gasteiger partial charge in [-0.25, -0.2) is 10.1 Å². The molecular weight excluding hydrogens is 338 g/mol. The van der Waals surface area contributed by atoms with Gasteiger partial charge in [0.05, 0.1) is 10.2 Å². The molecule has 7 nitrogen and oxygen atoms in total. The minimum atomic E-state index is -0.442. The lowest BCUT2D eigenvalue weighted by atomic mass is 10.3. The van der Waals surface area contributed by atoms with Crippen LogP contribution in [0.3, 0.4) is 0 Å². The summed E-state index contributed by atoms with van der Waals surface area (Å²) >= 11 is 1.48. The normalized spacial score (nSPS) is 11.8. The lowest BCUT2D eigenvalue weighted by molar-refractivity contribution is 0.0945. The summed E-state index contributed by atoms with van der Waals surface area (Å²) in [6.07, 6.45) is 1.78. The highest BCUT2D eigenvalue weighted by Gasteiger charge is 2.09. The molecule has 0 radical (unpaired) electrons. The van der Waals surface area contributed by atoms with E-state index in [1.165, 1.54) is 28.2 Å². The summed E-state index contributed by atoms with van der Waals surface area (Å²) in [6.45, 7) is 2.53. The first-order valence-corrected chi connectivity index (χ1v) is 8.88. The van der Waals surface area contributed by atoms with Crippen molar-refractivity contribution in [2.75, 3.05) is 0 Å². The van der Waals surface area contributed by atoms with Crippen LogP contribution in [0.5, 0.6) is 0 Å². The number of amides is 1. The summed E-state index contributed by atoms with van der Waals surface area (Å²) < 4.78 is 4.32.